The fourth-order valence-corrected chi connectivity index (χ4v) is 2.44. The van der Waals surface area contributed by atoms with E-state index in [1.807, 2.05) is 0 Å². The van der Waals surface area contributed by atoms with E-state index < -0.39 is 17.9 Å². The summed E-state index contributed by atoms with van der Waals surface area (Å²) in [5.41, 5.74) is 6.71. The second-order valence-electron chi connectivity index (χ2n) is 5.12. The number of carboxylic acid groups (broad SMARTS) is 1. The second-order valence-corrected chi connectivity index (χ2v) is 5.12. The van der Waals surface area contributed by atoms with E-state index in [-0.39, 0.29) is 18.0 Å². The van der Waals surface area contributed by atoms with Gasteiger partial charge in [-0.2, -0.15) is 0 Å². The molecule has 1 aliphatic carbocycles. The molecule has 1 saturated carbocycles. The highest BCUT2D eigenvalue weighted by molar-refractivity contribution is 6.11. The van der Waals surface area contributed by atoms with Crippen molar-refractivity contribution in [2.45, 2.75) is 31.7 Å². The molecule has 1 aromatic rings. The molecule has 2 atom stereocenters. The van der Waals surface area contributed by atoms with Crippen LogP contribution in [0, 0.1) is 5.92 Å². The molecule has 106 valence electrons. The summed E-state index contributed by atoms with van der Waals surface area (Å²) in [5.74, 6) is -1.67. The van der Waals surface area contributed by atoms with Crippen molar-refractivity contribution in [3.05, 3.63) is 35.4 Å². The van der Waals surface area contributed by atoms with Crippen molar-refractivity contribution in [2.24, 2.45) is 11.7 Å². The van der Waals surface area contributed by atoms with Crippen LogP contribution in [0.3, 0.4) is 0 Å². The minimum atomic E-state index is -1.05. The molecule has 0 amide bonds. The van der Waals surface area contributed by atoms with E-state index in [0.717, 1.165) is 12.0 Å². The molecule has 0 heterocycles. The molecular weight excluding hydrogens is 258 g/mol. The Bertz CT molecular complexity index is 535. The van der Waals surface area contributed by atoms with Crippen LogP contribution in [-0.2, 0) is 16.0 Å². The van der Waals surface area contributed by atoms with E-state index >= 15 is 0 Å². The summed E-state index contributed by atoms with van der Waals surface area (Å²) in [6.45, 7) is 0. The Balaban J connectivity index is 2.06. The van der Waals surface area contributed by atoms with Crippen LogP contribution in [0.25, 0.3) is 0 Å². The van der Waals surface area contributed by atoms with Crippen LogP contribution in [0.2, 0.25) is 0 Å². The molecule has 0 aliphatic heterocycles. The van der Waals surface area contributed by atoms with Crippen molar-refractivity contribution in [2.75, 3.05) is 0 Å². The van der Waals surface area contributed by atoms with Gasteiger partial charge in [0.15, 0.2) is 5.78 Å². The molecule has 0 bridgehead atoms. The number of Topliss-reactive ketones (excluding diaryl/α,β-unsaturated/α-hetero) is 2. The normalized spacial score (nSPS) is 19.9. The summed E-state index contributed by atoms with van der Waals surface area (Å²) in [5, 5.41) is 8.74. The number of rotatable bonds is 5. The van der Waals surface area contributed by atoms with Gasteiger partial charge in [-0.25, -0.2) is 0 Å². The summed E-state index contributed by atoms with van der Waals surface area (Å²) in [7, 11) is 0. The molecule has 0 radical (unpaired) electrons. The highest BCUT2D eigenvalue weighted by Gasteiger charge is 2.31. The van der Waals surface area contributed by atoms with Crippen molar-refractivity contribution < 1.29 is 19.5 Å². The first kappa shape index (κ1) is 14.4. The van der Waals surface area contributed by atoms with Crippen LogP contribution in [0.1, 0.15) is 35.2 Å². The SMILES string of the molecule is N[C@@H](Cc1ccc(C(=O)C2CCCC2=O)cc1)C(=O)O. The monoisotopic (exact) mass is 275 g/mol. The van der Waals surface area contributed by atoms with Crippen molar-refractivity contribution >= 4 is 17.5 Å². The van der Waals surface area contributed by atoms with Gasteiger partial charge in [0.2, 0.25) is 0 Å². The lowest BCUT2D eigenvalue weighted by Gasteiger charge is -2.09. The molecule has 1 fully saturated rings. The minimum absolute atomic E-state index is 0.0203. The molecule has 5 nitrogen and oxygen atoms in total. The van der Waals surface area contributed by atoms with Gasteiger partial charge in [0.25, 0.3) is 0 Å². The van der Waals surface area contributed by atoms with Crippen LogP contribution in [0.15, 0.2) is 24.3 Å². The lowest BCUT2D eigenvalue weighted by atomic mass is 9.94. The third kappa shape index (κ3) is 3.11. The molecule has 3 N–H and O–H groups in total. The zero-order valence-corrected chi connectivity index (χ0v) is 11.0. The van der Waals surface area contributed by atoms with E-state index in [4.69, 9.17) is 10.8 Å². The molecule has 1 aromatic carbocycles. The van der Waals surface area contributed by atoms with E-state index in [2.05, 4.69) is 0 Å². The maximum Gasteiger partial charge on any atom is 0.320 e. The fourth-order valence-electron chi connectivity index (χ4n) is 2.44. The number of carboxylic acids is 1. The molecule has 0 saturated heterocycles. The zero-order chi connectivity index (χ0) is 14.7. The quantitative estimate of drug-likeness (QED) is 0.621. The van der Waals surface area contributed by atoms with Gasteiger partial charge in [0, 0.05) is 12.0 Å². The van der Waals surface area contributed by atoms with E-state index in [9.17, 15) is 14.4 Å². The number of hydrogen-bond donors (Lipinski definition) is 2. The predicted molar refractivity (Wildman–Crippen MR) is 72.4 cm³/mol. The Morgan fingerprint density at radius 2 is 1.95 bits per heavy atom. The average molecular weight is 275 g/mol. The van der Waals surface area contributed by atoms with E-state index in [1.54, 1.807) is 24.3 Å². The maximum atomic E-state index is 12.2. The molecule has 0 aromatic heterocycles. The number of nitrogens with two attached hydrogens (primary N) is 1. The first-order valence-electron chi connectivity index (χ1n) is 6.63. The minimum Gasteiger partial charge on any atom is -0.480 e. The van der Waals surface area contributed by atoms with Crippen LogP contribution in [0.4, 0.5) is 0 Å². The van der Waals surface area contributed by atoms with Gasteiger partial charge in [0.05, 0.1) is 5.92 Å². The standard InChI is InChI=1S/C15H17NO4/c16-12(15(19)20)8-9-4-6-10(7-5-9)14(18)11-2-1-3-13(11)17/h4-7,11-12H,1-3,8,16H2,(H,19,20)/t11?,12-/m0/s1. The number of ketones is 2. The van der Waals surface area contributed by atoms with E-state index in [0.29, 0.717) is 18.4 Å². The highest BCUT2D eigenvalue weighted by Crippen LogP contribution is 2.25. The lowest BCUT2D eigenvalue weighted by molar-refractivity contribution is -0.138. The fraction of sp³-hybridized carbons (Fsp3) is 0.400. The first-order valence-corrected chi connectivity index (χ1v) is 6.63. The summed E-state index contributed by atoms with van der Waals surface area (Å²) >= 11 is 0. The number of aliphatic carboxylic acids is 1. The number of hydrogen-bond acceptors (Lipinski definition) is 4. The first-order chi connectivity index (χ1) is 9.49. The smallest absolute Gasteiger partial charge is 0.320 e. The van der Waals surface area contributed by atoms with Gasteiger partial charge in [-0.3, -0.25) is 14.4 Å². The van der Waals surface area contributed by atoms with Crippen LogP contribution >= 0.6 is 0 Å². The molecule has 5 heteroatoms. The molecule has 20 heavy (non-hydrogen) atoms. The van der Waals surface area contributed by atoms with Gasteiger partial charge >= 0.3 is 5.97 Å². The van der Waals surface area contributed by atoms with Crippen molar-refractivity contribution in [3.63, 3.8) is 0 Å². The third-order valence-corrected chi connectivity index (χ3v) is 3.63. The Morgan fingerprint density at radius 1 is 1.30 bits per heavy atom. The van der Waals surface area contributed by atoms with Gasteiger partial charge in [-0.05, 0) is 24.8 Å². The van der Waals surface area contributed by atoms with Crippen LogP contribution < -0.4 is 5.73 Å². The summed E-state index contributed by atoms with van der Waals surface area (Å²) in [4.78, 5) is 34.4. The van der Waals surface area contributed by atoms with Crippen LogP contribution in [-0.4, -0.2) is 28.7 Å². The molecule has 0 spiro atoms. The zero-order valence-electron chi connectivity index (χ0n) is 11.0. The summed E-state index contributed by atoms with van der Waals surface area (Å²) in [6.07, 6.45) is 2.11. The van der Waals surface area contributed by atoms with Crippen molar-refractivity contribution in [1.29, 1.82) is 0 Å². The van der Waals surface area contributed by atoms with E-state index in [1.165, 1.54) is 0 Å². The van der Waals surface area contributed by atoms with Gasteiger partial charge in [0.1, 0.15) is 11.8 Å². The largest absolute Gasteiger partial charge is 0.480 e. The van der Waals surface area contributed by atoms with Gasteiger partial charge in [-0.15, -0.1) is 0 Å². The molecule has 1 aliphatic rings. The Kier molecular flexibility index (Phi) is 4.29. The third-order valence-electron chi connectivity index (χ3n) is 3.63. The van der Waals surface area contributed by atoms with Gasteiger partial charge in [-0.1, -0.05) is 24.3 Å². The number of carbonyl (C=O) groups excluding carboxylic acids is 2. The Hall–Kier alpha value is -2.01. The molecule has 1 unspecified atom stereocenters. The predicted octanol–water partition coefficient (Wildman–Crippen LogP) is 1.19. The average Bonchev–Trinajstić information content (AvgIpc) is 2.85. The van der Waals surface area contributed by atoms with Crippen molar-refractivity contribution in [3.8, 4) is 0 Å². The maximum absolute atomic E-state index is 12.2. The Labute approximate surface area is 116 Å². The second kappa shape index (κ2) is 5.96. The summed E-state index contributed by atoms with van der Waals surface area (Å²) < 4.78 is 0. The summed E-state index contributed by atoms with van der Waals surface area (Å²) in [6, 6.07) is 5.70. The van der Waals surface area contributed by atoms with Crippen molar-refractivity contribution in [1.82, 2.24) is 0 Å². The number of carbonyl (C=O) groups is 3. The highest BCUT2D eigenvalue weighted by atomic mass is 16.4. The van der Waals surface area contributed by atoms with Gasteiger partial charge < -0.3 is 10.8 Å². The lowest BCUT2D eigenvalue weighted by Crippen LogP contribution is -2.32. The molecule has 2 rings (SSSR count). The van der Waals surface area contributed by atoms with Crippen LogP contribution in [0.5, 0.6) is 0 Å². The Morgan fingerprint density at radius 3 is 2.45 bits per heavy atom. The topological polar surface area (TPSA) is 97.5 Å². The number of benzene rings is 1. The molecular formula is C15H17NO4.